The lowest BCUT2D eigenvalue weighted by atomic mass is 9.95. The van der Waals surface area contributed by atoms with Crippen molar-refractivity contribution in [2.75, 3.05) is 59.7 Å². The van der Waals surface area contributed by atoms with Crippen LogP contribution in [0, 0.1) is 0 Å². The smallest absolute Gasteiger partial charge is 0.295 e. The van der Waals surface area contributed by atoms with Gasteiger partial charge in [-0.1, -0.05) is 32.8 Å². The van der Waals surface area contributed by atoms with Gasteiger partial charge in [-0.25, -0.2) is 0 Å². The van der Waals surface area contributed by atoms with Crippen molar-refractivity contribution in [3.63, 3.8) is 0 Å². The molecule has 0 aliphatic carbocycles. The van der Waals surface area contributed by atoms with Gasteiger partial charge in [0.2, 0.25) is 0 Å². The monoisotopic (exact) mass is 566 g/mol. The number of carbonyl (C=O) groups excluding carboxylic acids is 2. The molecule has 1 atom stereocenters. The maximum atomic E-state index is 13.5. The van der Waals surface area contributed by atoms with Crippen molar-refractivity contribution >= 4 is 17.4 Å². The number of nitrogens with zero attached hydrogens (tertiary/aromatic N) is 2. The van der Waals surface area contributed by atoms with E-state index in [9.17, 15) is 14.7 Å². The minimum absolute atomic E-state index is 0.0536. The summed E-state index contributed by atoms with van der Waals surface area (Å²) in [5, 5.41) is 11.4. The van der Waals surface area contributed by atoms with Crippen LogP contribution in [-0.4, -0.2) is 86.3 Å². The number of rotatable bonds is 14. The predicted molar refractivity (Wildman–Crippen MR) is 157 cm³/mol. The van der Waals surface area contributed by atoms with Gasteiger partial charge in [-0.2, -0.15) is 0 Å². The second-order valence-electron chi connectivity index (χ2n) is 10.3. The molecule has 0 bridgehead atoms. The van der Waals surface area contributed by atoms with Crippen LogP contribution in [0.1, 0.15) is 56.7 Å². The standard InChI is InChI=1S/C32H42N2O7/c1-4-6-7-19-41-26-13-10-24(22-27(26)38-3)29-28(30(35)23-8-11-25(12-9-23)40-18-5-2)31(36)32(37)34(29)15-14-33-16-20-39-21-17-33/h8-13,22,29,35H,4-7,14-21H2,1-3H3. The summed E-state index contributed by atoms with van der Waals surface area (Å²) in [6, 6.07) is 11.6. The van der Waals surface area contributed by atoms with Gasteiger partial charge in [-0.3, -0.25) is 14.5 Å². The Balaban J connectivity index is 1.69. The Bertz CT molecular complexity index is 1210. The Kier molecular flexibility index (Phi) is 11.0. The SMILES string of the molecule is CCCCCOc1ccc(C2C(=C(O)c3ccc(OCCC)cc3)C(=O)C(=O)N2CCN2CCOCC2)cc1OC. The lowest BCUT2D eigenvalue weighted by Gasteiger charge is -2.31. The Morgan fingerprint density at radius 1 is 0.927 bits per heavy atom. The number of morpholine rings is 1. The largest absolute Gasteiger partial charge is 0.507 e. The number of likely N-dealkylation sites (tertiary alicyclic amines) is 1. The van der Waals surface area contributed by atoms with Crippen LogP contribution < -0.4 is 14.2 Å². The van der Waals surface area contributed by atoms with Crippen LogP contribution in [0.2, 0.25) is 0 Å². The number of unbranched alkanes of at least 4 members (excludes halogenated alkanes) is 2. The number of amides is 1. The molecule has 2 fully saturated rings. The van der Waals surface area contributed by atoms with Crippen molar-refractivity contribution < 1.29 is 33.6 Å². The molecular formula is C32H42N2O7. The normalized spacial score (nSPS) is 19.0. The lowest BCUT2D eigenvalue weighted by Crippen LogP contribution is -2.42. The number of hydrogen-bond acceptors (Lipinski definition) is 8. The van der Waals surface area contributed by atoms with E-state index in [1.165, 1.54) is 0 Å². The molecule has 1 unspecified atom stereocenters. The Morgan fingerprint density at radius 2 is 1.68 bits per heavy atom. The van der Waals surface area contributed by atoms with Crippen LogP contribution in [0.3, 0.4) is 0 Å². The first-order chi connectivity index (χ1) is 20.0. The highest BCUT2D eigenvalue weighted by Gasteiger charge is 2.46. The molecule has 2 aromatic rings. The average molecular weight is 567 g/mol. The Morgan fingerprint density at radius 3 is 2.37 bits per heavy atom. The molecule has 1 N–H and O–H groups in total. The summed E-state index contributed by atoms with van der Waals surface area (Å²) in [4.78, 5) is 30.7. The number of ketones is 1. The molecule has 0 saturated carbocycles. The Labute approximate surface area is 242 Å². The fraction of sp³-hybridized carbons (Fsp3) is 0.500. The van der Waals surface area contributed by atoms with Gasteiger partial charge in [0.1, 0.15) is 11.5 Å². The molecule has 0 spiro atoms. The van der Waals surface area contributed by atoms with Gasteiger partial charge in [0.05, 0.1) is 45.2 Å². The highest BCUT2D eigenvalue weighted by molar-refractivity contribution is 6.46. The maximum absolute atomic E-state index is 13.5. The van der Waals surface area contributed by atoms with Crippen LogP contribution in [-0.2, 0) is 14.3 Å². The van der Waals surface area contributed by atoms with Crippen LogP contribution >= 0.6 is 0 Å². The van der Waals surface area contributed by atoms with Crippen LogP contribution in [0.15, 0.2) is 48.0 Å². The second kappa shape index (κ2) is 14.9. The molecule has 0 radical (unpaired) electrons. The summed E-state index contributed by atoms with van der Waals surface area (Å²) in [5.74, 6) is 0.218. The molecule has 9 nitrogen and oxygen atoms in total. The summed E-state index contributed by atoms with van der Waals surface area (Å²) < 4.78 is 22.7. The van der Waals surface area contributed by atoms with Gasteiger partial charge in [0.25, 0.3) is 11.7 Å². The first kappa shape index (κ1) is 30.4. The highest BCUT2D eigenvalue weighted by Crippen LogP contribution is 2.42. The number of Topliss-reactive ketones (excluding diaryl/α,β-unsaturated/α-hetero) is 1. The van der Waals surface area contributed by atoms with Gasteiger partial charge in [-0.05, 0) is 54.8 Å². The van der Waals surface area contributed by atoms with Crippen molar-refractivity contribution in [1.82, 2.24) is 9.80 Å². The van der Waals surface area contributed by atoms with E-state index >= 15 is 0 Å². The molecule has 2 aliphatic rings. The van der Waals surface area contributed by atoms with E-state index in [0.717, 1.165) is 38.8 Å². The molecule has 2 aliphatic heterocycles. The van der Waals surface area contributed by atoms with Gasteiger partial charge in [0, 0.05) is 31.7 Å². The van der Waals surface area contributed by atoms with Crippen molar-refractivity contribution in [3.8, 4) is 17.2 Å². The molecule has 1 amide bonds. The maximum Gasteiger partial charge on any atom is 0.295 e. The zero-order chi connectivity index (χ0) is 29.2. The van der Waals surface area contributed by atoms with Crippen molar-refractivity contribution in [1.29, 1.82) is 0 Å². The number of hydrogen-bond donors (Lipinski definition) is 1. The molecule has 0 aromatic heterocycles. The third-order valence-corrected chi connectivity index (χ3v) is 7.41. The molecule has 2 saturated heterocycles. The molecule has 4 rings (SSSR count). The zero-order valence-corrected chi connectivity index (χ0v) is 24.4. The molecule has 9 heteroatoms. The molecule has 41 heavy (non-hydrogen) atoms. The first-order valence-electron chi connectivity index (χ1n) is 14.6. The summed E-state index contributed by atoms with van der Waals surface area (Å²) in [7, 11) is 1.57. The molecule has 222 valence electrons. The minimum atomic E-state index is -0.782. The number of aliphatic hydroxyl groups excluding tert-OH is 1. The van der Waals surface area contributed by atoms with Crippen LogP contribution in [0.25, 0.3) is 5.76 Å². The van der Waals surface area contributed by atoms with E-state index in [2.05, 4.69) is 11.8 Å². The lowest BCUT2D eigenvalue weighted by molar-refractivity contribution is -0.140. The van der Waals surface area contributed by atoms with E-state index in [-0.39, 0.29) is 11.3 Å². The summed E-state index contributed by atoms with van der Waals surface area (Å²) >= 11 is 0. The third kappa shape index (κ3) is 7.40. The van der Waals surface area contributed by atoms with Crippen LogP contribution in [0.5, 0.6) is 17.2 Å². The van der Waals surface area contributed by atoms with Gasteiger partial charge >= 0.3 is 0 Å². The summed E-state index contributed by atoms with van der Waals surface area (Å²) in [5.41, 5.74) is 1.15. The first-order valence-corrected chi connectivity index (χ1v) is 14.6. The minimum Gasteiger partial charge on any atom is -0.507 e. The average Bonchev–Trinajstić information content (AvgIpc) is 3.26. The van der Waals surface area contributed by atoms with Crippen molar-refractivity contribution in [2.24, 2.45) is 0 Å². The molecule has 2 aromatic carbocycles. The Hall–Kier alpha value is -3.56. The van der Waals surface area contributed by atoms with Crippen molar-refractivity contribution in [2.45, 2.75) is 45.6 Å². The van der Waals surface area contributed by atoms with Gasteiger partial charge < -0.3 is 29.0 Å². The third-order valence-electron chi connectivity index (χ3n) is 7.41. The van der Waals surface area contributed by atoms with E-state index in [4.69, 9.17) is 18.9 Å². The number of carbonyl (C=O) groups is 2. The topological polar surface area (TPSA) is 97.8 Å². The van der Waals surface area contributed by atoms with E-state index < -0.39 is 17.7 Å². The second-order valence-corrected chi connectivity index (χ2v) is 10.3. The van der Waals surface area contributed by atoms with E-state index in [1.54, 1.807) is 42.3 Å². The summed E-state index contributed by atoms with van der Waals surface area (Å²) in [6.07, 6.45) is 3.98. The van der Waals surface area contributed by atoms with Crippen LogP contribution in [0.4, 0.5) is 0 Å². The summed E-state index contributed by atoms with van der Waals surface area (Å²) in [6.45, 7) is 9.03. The zero-order valence-electron chi connectivity index (χ0n) is 24.4. The van der Waals surface area contributed by atoms with Gasteiger partial charge in [-0.15, -0.1) is 0 Å². The van der Waals surface area contributed by atoms with Gasteiger partial charge in [0.15, 0.2) is 11.5 Å². The highest BCUT2D eigenvalue weighted by atomic mass is 16.5. The number of ether oxygens (including phenoxy) is 4. The predicted octanol–water partition coefficient (Wildman–Crippen LogP) is 4.81. The quantitative estimate of drug-likeness (QED) is 0.151. The number of benzene rings is 2. The van der Waals surface area contributed by atoms with Crippen molar-refractivity contribution in [3.05, 3.63) is 59.2 Å². The number of methoxy groups -OCH3 is 1. The fourth-order valence-electron chi connectivity index (χ4n) is 5.12. The molecule has 2 heterocycles. The molecular weight excluding hydrogens is 524 g/mol. The van der Waals surface area contributed by atoms with E-state index in [1.807, 2.05) is 19.1 Å². The van der Waals surface area contributed by atoms with E-state index in [0.29, 0.717) is 67.9 Å². The number of aliphatic hydroxyl groups is 1. The fourth-order valence-corrected chi connectivity index (χ4v) is 5.12.